The zero-order chi connectivity index (χ0) is 17.4. The fourth-order valence-electron chi connectivity index (χ4n) is 2.73. The molecule has 2 aliphatic rings. The van der Waals surface area contributed by atoms with Crippen molar-refractivity contribution in [2.75, 3.05) is 60.7 Å². The summed E-state index contributed by atoms with van der Waals surface area (Å²) in [5, 5.41) is 6.79. The maximum atomic E-state index is 11.8. The molecule has 0 aromatic rings. The van der Waals surface area contributed by atoms with Crippen LogP contribution in [-0.2, 0) is 14.3 Å². The van der Waals surface area contributed by atoms with Crippen LogP contribution in [0.4, 0.5) is 0 Å². The first-order valence-electron chi connectivity index (χ1n) is 8.84. The number of ether oxygens (including phenoxy) is 2. The van der Waals surface area contributed by atoms with Gasteiger partial charge >= 0.3 is 0 Å². The van der Waals surface area contributed by atoms with Gasteiger partial charge < -0.3 is 25.0 Å². The number of carbonyl (C=O) groups excluding carboxylic acids is 1. The lowest BCUT2D eigenvalue weighted by atomic mass is 10.0. The van der Waals surface area contributed by atoms with E-state index in [2.05, 4.69) is 15.6 Å². The SMILES string of the molecule is COCCC1(CNC(=NCC(=O)N(C)C)NCC2CCOC2)CC1. The molecule has 0 bridgehead atoms. The zero-order valence-corrected chi connectivity index (χ0v) is 15.3. The Bertz CT molecular complexity index is 430. The highest BCUT2D eigenvalue weighted by molar-refractivity contribution is 5.84. The average Bonchev–Trinajstić information content (AvgIpc) is 3.14. The standard InChI is InChI=1S/C17H32N4O3/c1-21(2)15(22)11-19-16(18-10-14-4-8-24-12-14)20-13-17(5-6-17)7-9-23-3/h14H,4-13H2,1-3H3,(H2,18,19,20). The van der Waals surface area contributed by atoms with Gasteiger partial charge in [0, 0.05) is 53.4 Å². The van der Waals surface area contributed by atoms with Crippen LogP contribution in [0.5, 0.6) is 0 Å². The summed E-state index contributed by atoms with van der Waals surface area (Å²) in [5.74, 6) is 1.24. The number of nitrogens with zero attached hydrogens (tertiary/aromatic N) is 2. The number of rotatable bonds is 9. The molecule has 7 heteroatoms. The van der Waals surface area contributed by atoms with Gasteiger partial charge in [-0.3, -0.25) is 4.79 Å². The monoisotopic (exact) mass is 340 g/mol. The Labute approximate surface area is 145 Å². The van der Waals surface area contributed by atoms with Crippen LogP contribution in [0.3, 0.4) is 0 Å². The lowest BCUT2D eigenvalue weighted by molar-refractivity contribution is -0.127. The van der Waals surface area contributed by atoms with Gasteiger partial charge in [0.1, 0.15) is 6.54 Å². The maximum absolute atomic E-state index is 11.8. The summed E-state index contributed by atoms with van der Waals surface area (Å²) >= 11 is 0. The average molecular weight is 340 g/mol. The lowest BCUT2D eigenvalue weighted by Gasteiger charge is -2.20. The van der Waals surface area contributed by atoms with E-state index in [0.717, 1.165) is 51.7 Å². The summed E-state index contributed by atoms with van der Waals surface area (Å²) in [6, 6.07) is 0. The van der Waals surface area contributed by atoms with Crippen molar-refractivity contribution in [3.8, 4) is 0 Å². The molecule has 1 atom stereocenters. The Kier molecular flexibility index (Phi) is 7.30. The van der Waals surface area contributed by atoms with Crippen molar-refractivity contribution < 1.29 is 14.3 Å². The Morgan fingerprint density at radius 3 is 2.75 bits per heavy atom. The minimum absolute atomic E-state index is 0.000757. The van der Waals surface area contributed by atoms with Crippen molar-refractivity contribution in [2.45, 2.75) is 25.7 Å². The minimum Gasteiger partial charge on any atom is -0.385 e. The van der Waals surface area contributed by atoms with E-state index in [4.69, 9.17) is 9.47 Å². The zero-order valence-electron chi connectivity index (χ0n) is 15.3. The summed E-state index contributed by atoms with van der Waals surface area (Å²) < 4.78 is 10.6. The van der Waals surface area contributed by atoms with Crippen molar-refractivity contribution in [1.29, 1.82) is 0 Å². The Morgan fingerprint density at radius 1 is 1.38 bits per heavy atom. The predicted molar refractivity (Wildman–Crippen MR) is 94.1 cm³/mol. The summed E-state index contributed by atoms with van der Waals surface area (Å²) in [4.78, 5) is 17.8. The Morgan fingerprint density at radius 2 is 2.17 bits per heavy atom. The summed E-state index contributed by atoms with van der Waals surface area (Å²) in [7, 11) is 5.24. The number of carbonyl (C=O) groups is 1. The third-order valence-corrected chi connectivity index (χ3v) is 4.88. The predicted octanol–water partition coefficient (Wildman–Crippen LogP) is 0.463. The molecule has 0 aromatic heterocycles. The fraction of sp³-hybridized carbons (Fsp3) is 0.882. The summed E-state index contributed by atoms with van der Waals surface area (Å²) in [6.07, 6.45) is 4.60. The minimum atomic E-state index is 0.000757. The molecular formula is C17H32N4O3. The van der Waals surface area contributed by atoms with Crippen LogP contribution in [0.15, 0.2) is 4.99 Å². The van der Waals surface area contributed by atoms with Crippen LogP contribution < -0.4 is 10.6 Å². The second-order valence-electron chi connectivity index (χ2n) is 7.16. The Hall–Kier alpha value is -1.34. The fourth-order valence-corrected chi connectivity index (χ4v) is 2.73. The van der Waals surface area contributed by atoms with Crippen molar-refractivity contribution >= 4 is 11.9 Å². The highest BCUT2D eigenvalue weighted by Gasteiger charge is 2.41. The first-order valence-corrected chi connectivity index (χ1v) is 8.84. The number of likely N-dealkylation sites (N-methyl/N-ethyl adjacent to an activating group) is 1. The van der Waals surface area contributed by atoms with Crippen LogP contribution in [0.1, 0.15) is 25.7 Å². The van der Waals surface area contributed by atoms with E-state index in [1.165, 1.54) is 12.8 Å². The quantitative estimate of drug-likeness (QED) is 0.471. The number of nitrogens with one attached hydrogen (secondary N) is 2. The first kappa shape index (κ1) is 19.0. The molecule has 2 rings (SSSR count). The highest BCUT2D eigenvalue weighted by atomic mass is 16.5. The van der Waals surface area contributed by atoms with Gasteiger partial charge in [-0.25, -0.2) is 4.99 Å². The van der Waals surface area contributed by atoms with Gasteiger partial charge in [-0.05, 0) is 31.1 Å². The molecule has 1 aliphatic carbocycles. The van der Waals surface area contributed by atoms with E-state index in [1.54, 1.807) is 26.1 Å². The normalized spacial score (nSPS) is 22.3. The van der Waals surface area contributed by atoms with E-state index in [1.807, 2.05) is 0 Å². The van der Waals surface area contributed by atoms with Crippen LogP contribution in [0.25, 0.3) is 0 Å². The summed E-state index contributed by atoms with van der Waals surface area (Å²) in [5.41, 5.74) is 0.334. The lowest BCUT2D eigenvalue weighted by Crippen LogP contribution is -2.43. The molecule has 24 heavy (non-hydrogen) atoms. The van der Waals surface area contributed by atoms with Gasteiger partial charge in [0.25, 0.3) is 0 Å². The van der Waals surface area contributed by atoms with Gasteiger partial charge in [-0.2, -0.15) is 0 Å². The number of amides is 1. The number of hydrogen-bond donors (Lipinski definition) is 2. The molecule has 0 spiro atoms. The third kappa shape index (κ3) is 6.28. The molecule has 0 radical (unpaired) electrons. The van der Waals surface area contributed by atoms with Crippen LogP contribution in [0, 0.1) is 11.3 Å². The van der Waals surface area contributed by atoms with Gasteiger partial charge in [-0.1, -0.05) is 0 Å². The molecule has 0 aromatic carbocycles. The second kappa shape index (κ2) is 9.22. The van der Waals surface area contributed by atoms with E-state index >= 15 is 0 Å². The van der Waals surface area contributed by atoms with Gasteiger partial charge in [0.15, 0.2) is 5.96 Å². The van der Waals surface area contributed by atoms with E-state index in [9.17, 15) is 4.79 Å². The van der Waals surface area contributed by atoms with Crippen LogP contribution in [0.2, 0.25) is 0 Å². The maximum Gasteiger partial charge on any atom is 0.243 e. The number of hydrogen-bond acceptors (Lipinski definition) is 4. The molecule has 2 N–H and O–H groups in total. The van der Waals surface area contributed by atoms with Gasteiger partial charge in [0.2, 0.25) is 5.91 Å². The van der Waals surface area contributed by atoms with E-state index in [0.29, 0.717) is 11.3 Å². The van der Waals surface area contributed by atoms with Crippen LogP contribution in [-0.4, -0.2) is 77.4 Å². The van der Waals surface area contributed by atoms with Crippen molar-refractivity contribution in [2.24, 2.45) is 16.3 Å². The first-order chi connectivity index (χ1) is 11.5. The van der Waals surface area contributed by atoms with E-state index < -0.39 is 0 Å². The molecule has 1 saturated heterocycles. The highest BCUT2D eigenvalue weighted by Crippen LogP contribution is 2.48. The molecular weight excluding hydrogens is 308 g/mol. The third-order valence-electron chi connectivity index (χ3n) is 4.88. The Balaban J connectivity index is 1.83. The second-order valence-corrected chi connectivity index (χ2v) is 7.16. The molecule has 1 unspecified atom stereocenters. The molecule has 1 amide bonds. The summed E-state index contributed by atoms with van der Waals surface area (Å²) in [6.45, 7) is 4.29. The molecule has 1 aliphatic heterocycles. The van der Waals surface area contributed by atoms with Gasteiger partial charge in [0.05, 0.1) is 6.61 Å². The number of aliphatic imine (C=N–C) groups is 1. The van der Waals surface area contributed by atoms with Crippen molar-refractivity contribution in [3.05, 3.63) is 0 Å². The number of guanidine groups is 1. The van der Waals surface area contributed by atoms with E-state index in [-0.39, 0.29) is 12.5 Å². The molecule has 7 nitrogen and oxygen atoms in total. The van der Waals surface area contributed by atoms with Crippen molar-refractivity contribution in [3.63, 3.8) is 0 Å². The molecule has 2 fully saturated rings. The van der Waals surface area contributed by atoms with Crippen molar-refractivity contribution in [1.82, 2.24) is 15.5 Å². The van der Waals surface area contributed by atoms with Gasteiger partial charge in [-0.15, -0.1) is 0 Å². The number of methoxy groups -OCH3 is 1. The van der Waals surface area contributed by atoms with Crippen LogP contribution >= 0.6 is 0 Å². The topological polar surface area (TPSA) is 75.2 Å². The smallest absolute Gasteiger partial charge is 0.243 e. The molecule has 1 heterocycles. The largest absolute Gasteiger partial charge is 0.385 e. The molecule has 1 saturated carbocycles. The molecule has 138 valence electrons.